The molecule has 0 aromatic heterocycles. The Morgan fingerprint density at radius 3 is 1.84 bits per heavy atom. The van der Waals surface area contributed by atoms with Gasteiger partial charge in [-0.05, 0) is 32.6 Å². The first-order valence-corrected chi connectivity index (χ1v) is 11.3. The van der Waals surface area contributed by atoms with E-state index in [1.54, 1.807) is 0 Å². The van der Waals surface area contributed by atoms with Crippen LogP contribution >= 0.6 is 0 Å². The minimum atomic E-state index is -1.71. The molecule has 0 heterocycles. The summed E-state index contributed by atoms with van der Waals surface area (Å²) in [6.07, 6.45) is -2.58. The first-order chi connectivity index (χ1) is 17.1. The van der Waals surface area contributed by atoms with Gasteiger partial charge in [-0.15, -0.1) is 0 Å². The summed E-state index contributed by atoms with van der Waals surface area (Å²) >= 11 is 0. The molecule has 0 aliphatic carbocycles. The third kappa shape index (κ3) is 14.2. The minimum Gasteiger partial charge on any atom is -0.481 e. The molecule has 0 radical (unpaired) electrons. The highest BCUT2D eigenvalue weighted by Crippen LogP contribution is 2.06. The molecular formula is C20H36N8O9. The Bertz CT molecular complexity index is 861. The van der Waals surface area contributed by atoms with Crippen LogP contribution in [0.2, 0.25) is 0 Å². The van der Waals surface area contributed by atoms with Gasteiger partial charge in [-0.3, -0.25) is 29.0 Å². The van der Waals surface area contributed by atoms with E-state index in [4.69, 9.17) is 28.0 Å². The first-order valence-electron chi connectivity index (χ1n) is 11.3. The number of nitrogens with zero attached hydrogens (tertiary/aromatic N) is 1. The van der Waals surface area contributed by atoms with Crippen molar-refractivity contribution in [1.29, 1.82) is 0 Å². The number of rotatable bonds is 18. The lowest BCUT2D eigenvalue weighted by Crippen LogP contribution is -2.58. The molecule has 17 nitrogen and oxygen atoms in total. The fourth-order valence-corrected chi connectivity index (χ4v) is 2.93. The number of nitrogens with one attached hydrogen (secondary N) is 3. The zero-order valence-corrected chi connectivity index (χ0v) is 20.4. The normalized spacial score (nSPS) is 14.7. The maximum Gasteiger partial charge on any atom is 0.328 e. The molecule has 4 amide bonds. The molecule has 5 atom stereocenters. The van der Waals surface area contributed by atoms with Gasteiger partial charge in [0.15, 0.2) is 12.0 Å². The third-order valence-corrected chi connectivity index (χ3v) is 4.94. The Morgan fingerprint density at radius 2 is 1.35 bits per heavy atom. The van der Waals surface area contributed by atoms with Crippen LogP contribution in [0.1, 0.15) is 45.4 Å². The number of amides is 4. The predicted molar refractivity (Wildman–Crippen MR) is 128 cm³/mol. The Hall–Kier alpha value is -3.99. The molecule has 0 aromatic carbocycles. The smallest absolute Gasteiger partial charge is 0.328 e. The van der Waals surface area contributed by atoms with Crippen LogP contribution in [0.15, 0.2) is 4.99 Å². The zero-order valence-electron chi connectivity index (χ0n) is 20.4. The Morgan fingerprint density at radius 1 is 0.811 bits per heavy atom. The predicted octanol–water partition coefficient (Wildman–Crippen LogP) is -4.58. The topological polar surface area (TPSA) is 316 Å². The summed E-state index contributed by atoms with van der Waals surface area (Å²) in [6, 6.07) is -5.70. The maximum absolute atomic E-state index is 13.0. The summed E-state index contributed by atoms with van der Waals surface area (Å²) in [7, 11) is 0. The van der Waals surface area contributed by atoms with Crippen LogP contribution in [0.4, 0.5) is 0 Å². The second-order valence-electron chi connectivity index (χ2n) is 8.18. The summed E-state index contributed by atoms with van der Waals surface area (Å²) in [5, 5.41) is 34.3. The number of nitrogens with two attached hydrogens (primary N) is 4. The average Bonchev–Trinajstić information content (AvgIpc) is 2.78. The van der Waals surface area contributed by atoms with Crippen molar-refractivity contribution in [1.82, 2.24) is 16.0 Å². The fraction of sp³-hybridized carbons (Fsp3) is 0.650. The number of aliphatic carboxylic acids is 2. The van der Waals surface area contributed by atoms with Crippen LogP contribution in [0.3, 0.4) is 0 Å². The van der Waals surface area contributed by atoms with Crippen LogP contribution in [0.25, 0.3) is 0 Å². The number of carboxylic acid groups (broad SMARTS) is 2. The van der Waals surface area contributed by atoms with E-state index < -0.39 is 65.8 Å². The van der Waals surface area contributed by atoms with Gasteiger partial charge in [-0.25, -0.2) is 4.79 Å². The molecule has 0 rings (SSSR count). The second kappa shape index (κ2) is 16.6. The SMILES string of the molecule is CC(O)C(NC(=O)C(CCC(N)=O)NC(=O)C(CCCN=C(N)N)NC(=O)C(N)CCC(=O)O)C(=O)O. The quantitative estimate of drug-likeness (QED) is 0.0453. The minimum absolute atomic E-state index is 0.0322. The van der Waals surface area contributed by atoms with Crippen LogP contribution in [-0.2, 0) is 28.8 Å². The number of aliphatic hydroxyl groups excluding tert-OH is 1. The van der Waals surface area contributed by atoms with E-state index in [-0.39, 0.29) is 51.0 Å². The Labute approximate surface area is 212 Å². The van der Waals surface area contributed by atoms with E-state index in [1.165, 1.54) is 0 Å². The van der Waals surface area contributed by atoms with Crippen LogP contribution in [-0.4, -0.2) is 93.7 Å². The van der Waals surface area contributed by atoms with Gasteiger partial charge < -0.3 is 54.2 Å². The molecule has 37 heavy (non-hydrogen) atoms. The molecule has 0 fully saturated rings. The van der Waals surface area contributed by atoms with Gasteiger partial charge in [0.25, 0.3) is 0 Å². The second-order valence-corrected chi connectivity index (χ2v) is 8.18. The molecule has 0 saturated carbocycles. The number of primary amides is 1. The summed E-state index contributed by atoms with van der Waals surface area (Å²) in [6.45, 7) is 1.22. The molecule has 0 bridgehead atoms. The lowest BCUT2D eigenvalue weighted by molar-refractivity contribution is -0.145. The summed E-state index contributed by atoms with van der Waals surface area (Å²) in [5.74, 6) is -6.46. The van der Waals surface area contributed by atoms with Crippen LogP contribution < -0.4 is 38.9 Å². The van der Waals surface area contributed by atoms with Crippen molar-refractivity contribution >= 4 is 41.5 Å². The van der Waals surface area contributed by atoms with E-state index in [0.717, 1.165) is 6.92 Å². The van der Waals surface area contributed by atoms with E-state index in [0.29, 0.717) is 0 Å². The highest BCUT2D eigenvalue weighted by molar-refractivity contribution is 5.94. The molecule has 14 N–H and O–H groups in total. The zero-order chi connectivity index (χ0) is 28.7. The third-order valence-electron chi connectivity index (χ3n) is 4.94. The van der Waals surface area contributed by atoms with Crippen molar-refractivity contribution in [3.63, 3.8) is 0 Å². The summed E-state index contributed by atoms with van der Waals surface area (Å²) in [4.78, 5) is 75.2. The molecule has 210 valence electrons. The van der Waals surface area contributed by atoms with Crippen molar-refractivity contribution in [3.8, 4) is 0 Å². The van der Waals surface area contributed by atoms with Gasteiger partial charge in [0.2, 0.25) is 23.6 Å². The van der Waals surface area contributed by atoms with Gasteiger partial charge in [-0.1, -0.05) is 0 Å². The first kappa shape index (κ1) is 33.0. The van der Waals surface area contributed by atoms with Crippen molar-refractivity contribution in [2.75, 3.05) is 6.54 Å². The van der Waals surface area contributed by atoms with Crippen molar-refractivity contribution in [3.05, 3.63) is 0 Å². The number of carbonyl (C=O) groups excluding carboxylic acids is 4. The van der Waals surface area contributed by atoms with Crippen LogP contribution in [0, 0.1) is 0 Å². The largest absolute Gasteiger partial charge is 0.481 e. The Kier molecular flexibility index (Phi) is 14.8. The number of aliphatic imine (C=N–C) groups is 1. The van der Waals surface area contributed by atoms with Crippen molar-refractivity contribution < 1.29 is 44.1 Å². The molecule has 0 aromatic rings. The molecular weight excluding hydrogens is 496 g/mol. The van der Waals surface area contributed by atoms with E-state index >= 15 is 0 Å². The molecule has 17 heteroatoms. The van der Waals surface area contributed by atoms with Crippen LogP contribution in [0.5, 0.6) is 0 Å². The maximum atomic E-state index is 13.0. The van der Waals surface area contributed by atoms with Gasteiger partial charge in [-0.2, -0.15) is 0 Å². The van der Waals surface area contributed by atoms with Gasteiger partial charge in [0.05, 0.1) is 12.1 Å². The van der Waals surface area contributed by atoms with Gasteiger partial charge in [0.1, 0.15) is 12.1 Å². The van der Waals surface area contributed by atoms with E-state index in [9.17, 15) is 39.0 Å². The molecule has 0 spiro atoms. The molecule has 0 saturated heterocycles. The number of hydrogen-bond acceptors (Lipinski definition) is 9. The monoisotopic (exact) mass is 532 g/mol. The Balaban J connectivity index is 5.67. The molecule has 5 unspecified atom stereocenters. The number of guanidine groups is 1. The number of aliphatic hydroxyl groups is 1. The van der Waals surface area contributed by atoms with Gasteiger partial charge >= 0.3 is 11.9 Å². The molecule has 0 aliphatic heterocycles. The van der Waals surface area contributed by atoms with Gasteiger partial charge in [0, 0.05) is 19.4 Å². The average molecular weight is 533 g/mol. The van der Waals surface area contributed by atoms with Crippen molar-refractivity contribution in [2.24, 2.45) is 27.9 Å². The number of carboxylic acids is 2. The van der Waals surface area contributed by atoms with Crippen molar-refractivity contribution in [2.45, 2.75) is 75.7 Å². The summed E-state index contributed by atoms with van der Waals surface area (Å²) < 4.78 is 0. The molecule has 0 aliphatic rings. The summed E-state index contributed by atoms with van der Waals surface area (Å²) in [5.41, 5.74) is 21.3. The number of hydrogen-bond donors (Lipinski definition) is 10. The van der Waals surface area contributed by atoms with E-state index in [1.807, 2.05) is 0 Å². The highest BCUT2D eigenvalue weighted by atomic mass is 16.4. The lowest BCUT2D eigenvalue weighted by atomic mass is 10.1. The standard InChI is InChI=1S/C20H36N8O9/c1-9(29)15(19(36)37)28-18(35)12(5-6-13(22)30)27-17(34)11(3-2-8-25-20(23)24)26-16(33)10(21)4-7-14(31)32/h9-12,15,29H,2-8,21H2,1H3,(H2,22,30)(H,26,33)(H,27,34)(H,28,35)(H,31,32)(H,36,37)(H4,23,24,25). The lowest BCUT2D eigenvalue weighted by Gasteiger charge is -2.25. The highest BCUT2D eigenvalue weighted by Gasteiger charge is 2.32. The number of carbonyl (C=O) groups is 6. The van der Waals surface area contributed by atoms with E-state index in [2.05, 4.69) is 20.9 Å². The fourth-order valence-electron chi connectivity index (χ4n) is 2.93.